The Morgan fingerprint density at radius 2 is 1.77 bits per heavy atom. The van der Waals surface area contributed by atoms with Crippen LogP contribution in [-0.4, -0.2) is 9.97 Å². The lowest BCUT2D eigenvalue weighted by Gasteiger charge is -2.13. The van der Waals surface area contributed by atoms with Gasteiger partial charge >= 0.3 is 0 Å². The predicted octanol–water partition coefficient (Wildman–Crippen LogP) is 4.89. The van der Waals surface area contributed by atoms with Crippen LogP contribution in [0, 0.1) is 17.5 Å². The second kappa shape index (κ2) is 6.03. The van der Waals surface area contributed by atoms with E-state index in [0.717, 1.165) is 12.1 Å². The van der Waals surface area contributed by atoms with Gasteiger partial charge in [0.2, 0.25) is 0 Å². The molecule has 4 nitrogen and oxygen atoms in total. The van der Waals surface area contributed by atoms with Crippen LogP contribution < -0.4 is 10.9 Å². The minimum atomic E-state index is -0.805. The lowest BCUT2D eigenvalue weighted by atomic mass is 10.1. The van der Waals surface area contributed by atoms with Crippen molar-refractivity contribution in [1.29, 1.82) is 0 Å². The molecule has 0 unspecified atom stereocenters. The molecule has 4 aromatic rings. The quantitative estimate of drug-likeness (QED) is 0.387. The summed E-state index contributed by atoms with van der Waals surface area (Å²) >= 11 is 5.85. The third kappa shape index (κ3) is 2.57. The van der Waals surface area contributed by atoms with Crippen molar-refractivity contribution >= 4 is 44.8 Å². The highest BCUT2D eigenvalue weighted by molar-refractivity contribution is 6.33. The summed E-state index contributed by atoms with van der Waals surface area (Å²) in [7, 11) is 0. The van der Waals surface area contributed by atoms with Gasteiger partial charge in [-0.2, -0.15) is 0 Å². The number of rotatable bonds is 2. The van der Waals surface area contributed by atoms with Crippen molar-refractivity contribution in [2.45, 2.75) is 0 Å². The first-order valence-corrected chi connectivity index (χ1v) is 7.84. The maximum Gasteiger partial charge on any atom is 0.256 e. The number of hydrogen-bond donors (Lipinski definition) is 2. The van der Waals surface area contributed by atoms with Crippen molar-refractivity contribution in [2.75, 3.05) is 5.32 Å². The van der Waals surface area contributed by atoms with Gasteiger partial charge in [-0.25, -0.2) is 18.2 Å². The lowest BCUT2D eigenvalue weighted by molar-refractivity contribution is 0.604. The van der Waals surface area contributed by atoms with Crippen LogP contribution >= 0.6 is 11.6 Å². The number of anilines is 2. The van der Waals surface area contributed by atoms with Gasteiger partial charge in [-0.05, 0) is 36.4 Å². The molecule has 0 aliphatic rings. The number of pyridine rings is 2. The highest BCUT2D eigenvalue weighted by Crippen LogP contribution is 2.34. The topological polar surface area (TPSA) is 57.8 Å². The molecule has 0 radical (unpaired) electrons. The Morgan fingerprint density at radius 3 is 2.58 bits per heavy atom. The third-order valence-corrected chi connectivity index (χ3v) is 4.33. The van der Waals surface area contributed by atoms with Crippen molar-refractivity contribution in [2.24, 2.45) is 0 Å². The first kappa shape index (κ1) is 16.4. The molecule has 0 bridgehead atoms. The number of nitrogens with zero attached hydrogens (tertiary/aromatic N) is 1. The zero-order chi connectivity index (χ0) is 18.4. The summed E-state index contributed by atoms with van der Waals surface area (Å²) < 4.78 is 41.4. The van der Waals surface area contributed by atoms with Gasteiger partial charge in [0, 0.05) is 17.0 Å². The lowest BCUT2D eigenvalue weighted by Crippen LogP contribution is -2.08. The third-order valence-electron chi connectivity index (χ3n) is 3.96. The maximum atomic E-state index is 14.1. The molecule has 26 heavy (non-hydrogen) atoms. The van der Waals surface area contributed by atoms with Crippen LogP contribution in [0.2, 0.25) is 5.02 Å². The first-order chi connectivity index (χ1) is 12.5. The van der Waals surface area contributed by atoms with E-state index in [0.29, 0.717) is 16.3 Å². The molecule has 130 valence electrons. The summed E-state index contributed by atoms with van der Waals surface area (Å²) in [6.45, 7) is 0. The highest BCUT2D eigenvalue weighted by atomic mass is 35.5. The fourth-order valence-electron chi connectivity index (χ4n) is 2.79. The molecule has 0 aliphatic carbocycles. The Hall–Kier alpha value is -3.06. The second-order valence-corrected chi connectivity index (χ2v) is 5.94. The van der Waals surface area contributed by atoms with Crippen molar-refractivity contribution in [3.63, 3.8) is 0 Å². The smallest absolute Gasteiger partial charge is 0.256 e. The van der Waals surface area contributed by atoms with E-state index in [1.165, 1.54) is 30.5 Å². The van der Waals surface area contributed by atoms with Gasteiger partial charge in [-0.1, -0.05) is 11.6 Å². The van der Waals surface area contributed by atoms with Crippen LogP contribution in [0.1, 0.15) is 0 Å². The van der Waals surface area contributed by atoms with E-state index < -0.39 is 28.0 Å². The molecule has 2 N–H and O–H groups in total. The van der Waals surface area contributed by atoms with Crippen LogP contribution in [0.3, 0.4) is 0 Å². The average Bonchev–Trinajstić information content (AvgIpc) is 2.62. The number of H-pyrrole nitrogens is 1. The van der Waals surface area contributed by atoms with Crippen molar-refractivity contribution in [1.82, 2.24) is 9.97 Å². The molecule has 0 spiro atoms. The molecule has 0 aliphatic heterocycles. The average molecular weight is 376 g/mol. The van der Waals surface area contributed by atoms with Gasteiger partial charge in [-0.3, -0.25) is 4.79 Å². The Labute approximate surface area is 149 Å². The van der Waals surface area contributed by atoms with E-state index >= 15 is 0 Å². The SMILES string of the molecule is O=c1[nH]ccc2c(Nc3c(F)ccc(F)c3Cl)nc3ccc(F)cc3c12. The largest absolute Gasteiger partial charge is 0.336 e. The molecule has 4 rings (SSSR count). The molecule has 0 saturated carbocycles. The monoisotopic (exact) mass is 375 g/mol. The number of aromatic nitrogens is 2. The molecule has 2 heterocycles. The number of halogens is 4. The van der Waals surface area contributed by atoms with Gasteiger partial charge in [0.15, 0.2) is 0 Å². The van der Waals surface area contributed by atoms with Gasteiger partial charge in [-0.15, -0.1) is 0 Å². The molecule has 8 heteroatoms. The minimum absolute atomic E-state index is 0.0941. The van der Waals surface area contributed by atoms with Crippen molar-refractivity contribution < 1.29 is 13.2 Å². The molecule has 0 amide bonds. The molecule has 0 atom stereocenters. The number of aromatic amines is 1. The summed E-state index contributed by atoms with van der Waals surface area (Å²) in [5.41, 5.74) is -0.456. The Balaban J connectivity index is 2.05. The first-order valence-electron chi connectivity index (χ1n) is 7.47. The summed E-state index contributed by atoms with van der Waals surface area (Å²) in [5.74, 6) is -2.02. The molecule has 0 saturated heterocycles. The van der Waals surface area contributed by atoms with E-state index in [2.05, 4.69) is 15.3 Å². The van der Waals surface area contributed by atoms with Crippen LogP contribution in [0.4, 0.5) is 24.7 Å². The number of nitrogens with one attached hydrogen (secondary N) is 2. The van der Waals surface area contributed by atoms with E-state index in [1.54, 1.807) is 0 Å². The van der Waals surface area contributed by atoms with Gasteiger partial charge in [0.05, 0.1) is 16.6 Å². The summed E-state index contributed by atoms with van der Waals surface area (Å²) in [4.78, 5) is 19.1. The standard InChI is InChI=1S/C18H9ClF3N3O/c19-15-11(21)2-3-12(22)16(15)25-17-9-5-6-23-18(26)14(9)10-7-8(20)1-4-13(10)24-17/h1-7H,(H,23,26)(H,24,25). The Kier molecular flexibility index (Phi) is 3.81. The second-order valence-electron chi connectivity index (χ2n) is 5.56. The zero-order valence-corrected chi connectivity index (χ0v) is 13.7. The van der Waals surface area contributed by atoms with Crippen LogP contribution in [0.25, 0.3) is 21.7 Å². The van der Waals surface area contributed by atoms with Gasteiger partial charge in [0.25, 0.3) is 5.56 Å². The normalized spacial score (nSPS) is 11.2. The minimum Gasteiger partial charge on any atom is -0.336 e. The summed E-state index contributed by atoms with van der Waals surface area (Å²) in [6, 6.07) is 7.14. The number of fused-ring (bicyclic) bond motifs is 3. The van der Waals surface area contributed by atoms with E-state index in [-0.39, 0.29) is 16.9 Å². The molecule has 2 aromatic carbocycles. The molecular formula is C18H9ClF3N3O. The maximum absolute atomic E-state index is 14.1. The van der Waals surface area contributed by atoms with Gasteiger partial charge < -0.3 is 10.3 Å². The van der Waals surface area contributed by atoms with Crippen molar-refractivity contribution in [3.8, 4) is 0 Å². The molecule has 2 aromatic heterocycles. The Morgan fingerprint density at radius 1 is 1.00 bits per heavy atom. The van der Waals surface area contributed by atoms with E-state index in [1.807, 2.05) is 0 Å². The predicted molar refractivity (Wildman–Crippen MR) is 94.5 cm³/mol. The van der Waals surface area contributed by atoms with Gasteiger partial charge in [0.1, 0.15) is 28.3 Å². The zero-order valence-electron chi connectivity index (χ0n) is 12.9. The fourth-order valence-corrected chi connectivity index (χ4v) is 2.99. The van der Waals surface area contributed by atoms with E-state index in [9.17, 15) is 18.0 Å². The Bertz CT molecular complexity index is 1240. The number of benzene rings is 2. The molecular weight excluding hydrogens is 367 g/mol. The van der Waals surface area contributed by atoms with Crippen LogP contribution in [-0.2, 0) is 0 Å². The fraction of sp³-hybridized carbons (Fsp3) is 0. The molecule has 0 fully saturated rings. The number of hydrogen-bond acceptors (Lipinski definition) is 3. The van der Waals surface area contributed by atoms with E-state index in [4.69, 9.17) is 11.6 Å². The summed E-state index contributed by atoms with van der Waals surface area (Å²) in [6.07, 6.45) is 1.38. The van der Waals surface area contributed by atoms with Crippen molar-refractivity contribution in [3.05, 3.63) is 75.4 Å². The summed E-state index contributed by atoms with van der Waals surface area (Å²) in [5, 5.41) is 3.00. The highest BCUT2D eigenvalue weighted by Gasteiger charge is 2.17. The van der Waals surface area contributed by atoms with Crippen LogP contribution in [0.15, 0.2) is 47.4 Å². The van der Waals surface area contributed by atoms with Crippen LogP contribution in [0.5, 0.6) is 0 Å².